The van der Waals surface area contributed by atoms with Gasteiger partial charge in [0.25, 0.3) is 0 Å². The second kappa shape index (κ2) is 7.11. The van der Waals surface area contributed by atoms with E-state index >= 15 is 0 Å². The number of H-pyrrole nitrogens is 1. The number of hydrogen-bond donors (Lipinski definition) is 1. The minimum absolute atomic E-state index is 0.345. The van der Waals surface area contributed by atoms with Gasteiger partial charge < -0.3 is 9.72 Å². The molecule has 0 fully saturated rings. The fraction of sp³-hybridized carbons (Fsp3) is 0.200. The van der Waals surface area contributed by atoms with Crippen molar-refractivity contribution >= 4 is 11.0 Å². The number of fused-ring (bicyclic) bond motifs is 1. The lowest BCUT2D eigenvalue weighted by molar-refractivity contribution is 0.330. The third-order valence-corrected chi connectivity index (χ3v) is 4.18. The van der Waals surface area contributed by atoms with Crippen LogP contribution in [0.3, 0.4) is 0 Å². The molecule has 0 saturated heterocycles. The first-order valence-electron chi connectivity index (χ1n) is 8.60. The lowest BCUT2D eigenvalue weighted by Gasteiger charge is -2.07. The molecule has 0 saturated carbocycles. The molecule has 0 bridgehead atoms. The van der Waals surface area contributed by atoms with Gasteiger partial charge in [0, 0.05) is 29.9 Å². The number of nitrogens with zero attached hydrogens (tertiary/aromatic N) is 4. The maximum Gasteiger partial charge on any atom is 0.226 e. The summed E-state index contributed by atoms with van der Waals surface area (Å²) in [5, 5.41) is 0.761. The van der Waals surface area contributed by atoms with Crippen LogP contribution >= 0.6 is 0 Å². The molecule has 4 aromatic heterocycles. The van der Waals surface area contributed by atoms with Gasteiger partial charge in [-0.1, -0.05) is 12.1 Å². The summed E-state index contributed by atoms with van der Waals surface area (Å²) in [6.45, 7) is 4.25. The Hall–Kier alpha value is -3.35. The van der Waals surface area contributed by atoms with Crippen LogP contribution in [0.15, 0.2) is 36.8 Å². The molecule has 0 amide bonds. The summed E-state index contributed by atoms with van der Waals surface area (Å²) in [7, 11) is 0. The number of aromatic amines is 1. The van der Waals surface area contributed by atoms with E-state index < -0.39 is 5.95 Å². The molecular weight excluding hydrogens is 345 g/mol. The predicted molar refractivity (Wildman–Crippen MR) is 98.9 cm³/mol. The quantitative estimate of drug-likeness (QED) is 0.549. The number of ether oxygens (including phenoxy) is 1. The SMILES string of the molecule is CCOc1ncnc2[nH]cc(Cc3ccc(-c4[c]ccc(C)n4)nc3F)c12. The van der Waals surface area contributed by atoms with Gasteiger partial charge in [-0.25, -0.2) is 15.0 Å². The molecule has 0 aliphatic heterocycles. The number of pyridine rings is 2. The molecule has 4 heterocycles. The minimum Gasteiger partial charge on any atom is -0.477 e. The molecule has 0 unspecified atom stereocenters. The minimum atomic E-state index is -0.534. The summed E-state index contributed by atoms with van der Waals surface area (Å²) in [4.78, 5) is 19.9. The Bertz CT molecular complexity index is 1110. The molecule has 1 N–H and O–H groups in total. The molecule has 1 radical (unpaired) electrons. The van der Waals surface area contributed by atoms with Crippen LogP contribution in [0.1, 0.15) is 23.7 Å². The van der Waals surface area contributed by atoms with Gasteiger partial charge in [0.1, 0.15) is 12.0 Å². The van der Waals surface area contributed by atoms with Crippen molar-refractivity contribution in [2.45, 2.75) is 20.3 Å². The van der Waals surface area contributed by atoms with Crippen molar-refractivity contribution in [1.82, 2.24) is 24.9 Å². The van der Waals surface area contributed by atoms with Crippen molar-refractivity contribution in [2.75, 3.05) is 6.61 Å². The van der Waals surface area contributed by atoms with E-state index in [0.29, 0.717) is 41.5 Å². The van der Waals surface area contributed by atoms with Crippen LogP contribution in [0, 0.1) is 18.9 Å². The van der Waals surface area contributed by atoms with E-state index in [4.69, 9.17) is 4.74 Å². The zero-order valence-corrected chi connectivity index (χ0v) is 15.0. The fourth-order valence-electron chi connectivity index (χ4n) is 2.93. The summed E-state index contributed by atoms with van der Waals surface area (Å²) in [6.07, 6.45) is 3.58. The van der Waals surface area contributed by atoms with Crippen molar-refractivity contribution in [2.24, 2.45) is 0 Å². The Morgan fingerprint density at radius 1 is 1.15 bits per heavy atom. The van der Waals surface area contributed by atoms with E-state index in [2.05, 4.69) is 31.0 Å². The van der Waals surface area contributed by atoms with Crippen LogP contribution in [0.4, 0.5) is 4.39 Å². The van der Waals surface area contributed by atoms with Gasteiger partial charge >= 0.3 is 0 Å². The van der Waals surface area contributed by atoms with Crippen LogP contribution in [0.25, 0.3) is 22.4 Å². The van der Waals surface area contributed by atoms with Crippen LogP contribution in [0.2, 0.25) is 0 Å². The van der Waals surface area contributed by atoms with Gasteiger partial charge in [0.15, 0.2) is 0 Å². The number of hydrogen-bond acceptors (Lipinski definition) is 5. The summed E-state index contributed by atoms with van der Waals surface area (Å²) < 4.78 is 20.2. The van der Waals surface area contributed by atoms with E-state index in [0.717, 1.165) is 16.6 Å². The topological polar surface area (TPSA) is 76.6 Å². The zero-order valence-electron chi connectivity index (χ0n) is 15.0. The molecule has 0 aromatic carbocycles. The fourth-order valence-corrected chi connectivity index (χ4v) is 2.93. The van der Waals surface area contributed by atoms with Crippen molar-refractivity contribution in [3.05, 3.63) is 65.6 Å². The largest absolute Gasteiger partial charge is 0.477 e. The van der Waals surface area contributed by atoms with Gasteiger partial charge in [-0.3, -0.25) is 4.98 Å². The highest BCUT2D eigenvalue weighted by molar-refractivity contribution is 5.85. The van der Waals surface area contributed by atoms with Gasteiger partial charge in [0.2, 0.25) is 11.8 Å². The monoisotopic (exact) mass is 362 g/mol. The number of rotatable bonds is 5. The maximum atomic E-state index is 14.7. The predicted octanol–water partition coefficient (Wildman–Crippen LogP) is 3.65. The van der Waals surface area contributed by atoms with E-state index in [1.165, 1.54) is 6.33 Å². The molecule has 4 aromatic rings. The zero-order chi connectivity index (χ0) is 18.8. The second-order valence-corrected chi connectivity index (χ2v) is 6.05. The molecule has 6 nitrogen and oxygen atoms in total. The summed E-state index contributed by atoms with van der Waals surface area (Å²) in [6, 6.07) is 10.1. The van der Waals surface area contributed by atoms with Gasteiger partial charge in [-0.2, -0.15) is 4.39 Å². The average molecular weight is 362 g/mol. The third-order valence-electron chi connectivity index (χ3n) is 4.18. The lowest BCUT2D eigenvalue weighted by atomic mass is 10.1. The molecule has 0 aliphatic carbocycles. The Kier molecular flexibility index (Phi) is 4.50. The molecule has 4 rings (SSSR count). The smallest absolute Gasteiger partial charge is 0.226 e. The maximum absolute atomic E-state index is 14.7. The first kappa shape index (κ1) is 17.1. The molecule has 135 valence electrons. The Morgan fingerprint density at radius 3 is 2.81 bits per heavy atom. The molecule has 27 heavy (non-hydrogen) atoms. The van der Waals surface area contributed by atoms with Crippen LogP contribution in [-0.4, -0.2) is 31.5 Å². The molecule has 0 atom stereocenters. The summed E-state index contributed by atoms with van der Waals surface area (Å²) in [5.41, 5.74) is 3.79. The highest BCUT2D eigenvalue weighted by atomic mass is 19.1. The summed E-state index contributed by atoms with van der Waals surface area (Å²) >= 11 is 0. The highest BCUT2D eigenvalue weighted by Gasteiger charge is 2.15. The highest BCUT2D eigenvalue weighted by Crippen LogP contribution is 2.28. The number of aromatic nitrogens is 5. The average Bonchev–Trinajstić information content (AvgIpc) is 3.08. The molecule has 0 spiro atoms. The second-order valence-electron chi connectivity index (χ2n) is 6.05. The Balaban J connectivity index is 1.68. The lowest BCUT2D eigenvalue weighted by Crippen LogP contribution is -2.00. The third kappa shape index (κ3) is 3.36. The first-order valence-corrected chi connectivity index (χ1v) is 8.60. The van der Waals surface area contributed by atoms with Crippen molar-refractivity contribution in [3.63, 3.8) is 0 Å². The van der Waals surface area contributed by atoms with Crippen molar-refractivity contribution in [3.8, 4) is 17.3 Å². The van der Waals surface area contributed by atoms with Gasteiger partial charge in [0.05, 0.1) is 23.4 Å². The normalized spacial score (nSPS) is 11.1. The molecular formula is C20H17FN5O. The molecule has 7 heteroatoms. The van der Waals surface area contributed by atoms with Gasteiger partial charge in [-0.15, -0.1) is 0 Å². The van der Waals surface area contributed by atoms with E-state index in [1.807, 2.05) is 19.9 Å². The Labute approximate surface area is 155 Å². The van der Waals surface area contributed by atoms with Gasteiger partial charge in [-0.05, 0) is 31.5 Å². The van der Waals surface area contributed by atoms with E-state index in [1.54, 1.807) is 24.4 Å². The van der Waals surface area contributed by atoms with E-state index in [9.17, 15) is 4.39 Å². The standard InChI is InChI=1S/C20H17FN5O/c1-3-27-20-17-14(10-22-19(17)23-11-24-20)9-13-7-8-16(26-18(13)21)15-6-4-5-12(2)25-15/h4-5,7-8,10-11H,3,9H2,1-2H3,(H,22,23,24). The Morgan fingerprint density at radius 2 is 2.04 bits per heavy atom. The number of halogens is 1. The number of nitrogens with one attached hydrogen (secondary N) is 1. The first-order chi connectivity index (χ1) is 13.2. The molecule has 0 aliphatic rings. The van der Waals surface area contributed by atoms with E-state index in [-0.39, 0.29) is 0 Å². The van der Waals surface area contributed by atoms with Crippen molar-refractivity contribution in [1.29, 1.82) is 0 Å². The summed E-state index contributed by atoms with van der Waals surface area (Å²) in [5.74, 6) is -0.0457. The van der Waals surface area contributed by atoms with Crippen molar-refractivity contribution < 1.29 is 9.13 Å². The number of aryl methyl sites for hydroxylation is 1. The van der Waals surface area contributed by atoms with Crippen LogP contribution in [-0.2, 0) is 6.42 Å². The van der Waals surface area contributed by atoms with Crippen LogP contribution < -0.4 is 4.74 Å². The van der Waals surface area contributed by atoms with Crippen LogP contribution in [0.5, 0.6) is 5.88 Å².